The second kappa shape index (κ2) is 7.03. The molecule has 8 heteroatoms. The summed E-state index contributed by atoms with van der Waals surface area (Å²) in [6.07, 6.45) is 0. The molecule has 27 heavy (non-hydrogen) atoms. The molecule has 0 atom stereocenters. The maximum absolute atomic E-state index is 12.5. The van der Waals surface area contributed by atoms with Crippen molar-refractivity contribution < 1.29 is 18.0 Å². The maximum atomic E-state index is 12.5. The van der Waals surface area contributed by atoms with Crippen molar-refractivity contribution in [2.24, 2.45) is 0 Å². The summed E-state index contributed by atoms with van der Waals surface area (Å²) in [5, 5.41) is 5.23. The van der Waals surface area contributed by atoms with Crippen LogP contribution >= 0.6 is 0 Å². The number of fused-ring (bicyclic) bond motifs is 1. The Labute approximate surface area is 158 Å². The molecule has 2 aromatic carbocycles. The van der Waals surface area contributed by atoms with E-state index < -0.39 is 21.5 Å². The van der Waals surface area contributed by atoms with E-state index in [4.69, 9.17) is 0 Å². The fourth-order valence-electron chi connectivity index (χ4n) is 2.91. The highest BCUT2D eigenvalue weighted by Gasteiger charge is 2.29. The Bertz CT molecular complexity index is 1030. The molecule has 1 heterocycles. The number of benzene rings is 2. The Kier molecular flexibility index (Phi) is 4.93. The zero-order valence-electron chi connectivity index (χ0n) is 15.4. The molecule has 0 radical (unpaired) electrons. The Hall–Kier alpha value is -2.87. The summed E-state index contributed by atoms with van der Waals surface area (Å²) in [5.74, 6) is -1.16. The quantitative estimate of drug-likeness (QED) is 0.846. The molecule has 3 amide bonds. The monoisotopic (exact) mass is 387 g/mol. The van der Waals surface area contributed by atoms with Gasteiger partial charge in [-0.2, -0.15) is 0 Å². The third-order valence-corrected chi connectivity index (χ3v) is 6.07. The van der Waals surface area contributed by atoms with E-state index in [1.807, 2.05) is 32.0 Å². The average molecular weight is 387 g/mol. The van der Waals surface area contributed by atoms with Gasteiger partial charge in [-0.1, -0.05) is 23.8 Å². The zero-order chi connectivity index (χ0) is 19.8. The summed E-state index contributed by atoms with van der Waals surface area (Å²) in [4.78, 5) is 25.5. The van der Waals surface area contributed by atoms with E-state index in [1.54, 1.807) is 13.1 Å². The van der Waals surface area contributed by atoms with Crippen molar-refractivity contribution in [1.82, 2.24) is 4.90 Å². The predicted molar refractivity (Wildman–Crippen MR) is 104 cm³/mol. The lowest BCUT2D eigenvalue weighted by Gasteiger charge is -2.21. The molecule has 0 aromatic heterocycles. The van der Waals surface area contributed by atoms with Gasteiger partial charge in [0.2, 0.25) is 5.91 Å². The van der Waals surface area contributed by atoms with Crippen LogP contribution in [-0.4, -0.2) is 38.1 Å². The van der Waals surface area contributed by atoms with Gasteiger partial charge < -0.3 is 15.5 Å². The molecule has 0 fully saturated rings. The van der Waals surface area contributed by atoms with Crippen LogP contribution in [0.1, 0.15) is 16.7 Å². The van der Waals surface area contributed by atoms with Crippen molar-refractivity contribution in [1.29, 1.82) is 0 Å². The third-order valence-electron chi connectivity index (χ3n) is 4.42. The Balaban J connectivity index is 1.76. The fraction of sp³-hybridized carbons (Fsp3) is 0.263. The van der Waals surface area contributed by atoms with Gasteiger partial charge in [-0.3, -0.25) is 4.79 Å². The highest BCUT2D eigenvalue weighted by atomic mass is 32.2. The molecule has 2 N–H and O–H groups in total. The van der Waals surface area contributed by atoms with Crippen molar-refractivity contribution in [3.8, 4) is 0 Å². The van der Waals surface area contributed by atoms with E-state index in [-0.39, 0.29) is 16.6 Å². The molecule has 1 aliphatic heterocycles. The summed E-state index contributed by atoms with van der Waals surface area (Å²) in [6, 6.07) is 10.1. The lowest BCUT2D eigenvalue weighted by Crippen LogP contribution is -2.32. The Morgan fingerprint density at radius 1 is 1.19 bits per heavy atom. The number of carbonyl (C=O) groups excluding carboxylic acids is 2. The molecule has 0 spiro atoms. The van der Waals surface area contributed by atoms with Crippen molar-refractivity contribution in [2.45, 2.75) is 25.3 Å². The van der Waals surface area contributed by atoms with Crippen molar-refractivity contribution in [2.75, 3.05) is 23.4 Å². The molecular weight excluding hydrogens is 366 g/mol. The van der Waals surface area contributed by atoms with Crippen LogP contribution in [0.25, 0.3) is 0 Å². The largest absolute Gasteiger partial charge is 0.324 e. The molecule has 3 rings (SSSR count). The van der Waals surface area contributed by atoms with Gasteiger partial charge in [0.1, 0.15) is 5.75 Å². The number of rotatable bonds is 3. The van der Waals surface area contributed by atoms with Gasteiger partial charge >= 0.3 is 6.03 Å². The van der Waals surface area contributed by atoms with Gasteiger partial charge in [0.25, 0.3) is 0 Å². The molecule has 0 bridgehead atoms. The summed E-state index contributed by atoms with van der Waals surface area (Å²) >= 11 is 0. The van der Waals surface area contributed by atoms with Gasteiger partial charge in [0.15, 0.2) is 9.84 Å². The van der Waals surface area contributed by atoms with Gasteiger partial charge in [-0.15, -0.1) is 0 Å². The van der Waals surface area contributed by atoms with E-state index in [2.05, 4.69) is 10.6 Å². The van der Waals surface area contributed by atoms with Crippen LogP contribution in [0, 0.1) is 13.8 Å². The van der Waals surface area contributed by atoms with Crippen molar-refractivity contribution >= 4 is 33.2 Å². The second-order valence-electron chi connectivity index (χ2n) is 6.73. The number of hydrogen-bond acceptors (Lipinski definition) is 4. The molecule has 0 saturated carbocycles. The first-order chi connectivity index (χ1) is 12.7. The topological polar surface area (TPSA) is 95.6 Å². The van der Waals surface area contributed by atoms with E-state index in [9.17, 15) is 18.0 Å². The highest BCUT2D eigenvalue weighted by Crippen LogP contribution is 2.29. The molecule has 1 aliphatic rings. The summed E-state index contributed by atoms with van der Waals surface area (Å²) < 4.78 is 24.4. The third kappa shape index (κ3) is 4.11. The van der Waals surface area contributed by atoms with Crippen LogP contribution in [0.2, 0.25) is 0 Å². The number of anilines is 2. The van der Waals surface area contributed by atoms with E-state index in [0.717, 1.165) is 16.7 Å². The maximum Gasteiger partial charge on any atom is 0.321 e. The predicted octanol–water partition coefficient (Wildman–Crippen LogP) is 2.69. The van der Waals surface area contributed by atoms with Gasteiger partial charge in [-0.25, -0.2) is 13.2 Å². The van der Waals surface area contributed by atoms with Crippen molar-refractivity contribution in [3.63, 3.8) is 0 Å². The lowest BCUT2D eigenvalue weighted by atomic mass is 10.1. The van der Waals surface area contributed by atoms with Crippen LogP contribution in [0.15, 0.2) is 41.3 Å². The number of carbonyl (C=O) groups is 2. The molecule has 0 saturated heterocycles. The summed E-state index contributed by atoms with van der Waals surface area (Å²) in [6.45, 7) is 4.41. The van der Waals surface area contributed by atoms with Crippen LogP contribution in [-0.2, 0) is 21.2 Å². The first-order valence-electron chi connectivity index (χ1n) is 8.40. The number of hydrogen-bond donors (Lipinski definition) is 2. The fourth-order valence-corrected chi connectivity index (χ4v) is 4.25. The molecule has 142 valence electrons. The number of sulfone groups is 1. The van der Waals surface area contributed by atoms with E-state index in [1.165, 1.54) is 17.0 Å². The van der Waals surface area contributed by atoms with Gasteiger partial charge in [0, 0.05) is 19.3 Å². The van der Waals surface area contributed by atoms with E-state index >= 15 is 0 Å². The smallest absolute Gasteiger partial charge is 0.321 e. The minimum atomic E-state index is -3.71. The van der Waals surface area contributed by atoms with Crippen LogP contribution < -0.4 is 10.6 Å². The van der Waals surface area contributed by atoms with Gasteiger partial charge in [-0.05, 0) is 43.2 Å². The van der Waals surface area contributed by atoms with E-state index in [0.29, 0.717) is 12.2 Å². The molecule has 7 nitrogen and oxygen atoms in total. The minimum absolute atomic E-state index is 0.0112. The number of nitrogens with one attached hydrogen (secondary N) is 2. The second-order valence-corrected chi connectivity index (χ2v) is 8.69. The van der Waals surface area contributed by atoms with Crippen LogP contribution in [0.4, 0.5) is 16.2 Å². The summed E-state index contributed by atoms with van der Waals surface area (Å²) in [7, 11) is -2.03. The number of aryl methyl sites for hydroxylation is 2. The number of nitrogens with zero attached hydrogens (tertiary/aromatic N) is 1. The number of amides is 3. The van der Waals surface area contributed by atoms with Crippen LogP contribution in [0.5, 0.6) is 0 Å². The minimum Gasteiger partial charge on any atom is -0.324 e. The molecular formula is C19H21N3O4S. The summed E-state index contributed by atoms with van der Waals surface area (Å²) in [5.41, 5.74) is 3.84. The first-order valence-corrected chi connectivity index (χ1v) is 10.1. The molecule has 2 aromatic rings. The number of urea groups is 1. The Morgan fingerprint density at radius 3 is 2.67 bits per heavy atom. The molecule has 0 aliphatic carbocycles. The van der Waals surface area contributed by atoms with Crippen molar-refractivity contribution in [3.05, 3.63) is 53.1 Å². The SMILES string of the molecule is Cc1ccc(C)c(CN(C)C(=O)Nc2ccc3c(c2)S(=O)(=O)CC(=O)N3)c1. The molecule has 0 unspecified atom stereocenters. The van der Waals surface area contributed by atoms with Gasteiger partial charge in [0.05, 0.1) is 10.6 Å². The lowest BCUT2D eigenvalue weighted by molar-refractivity contribution is -0.114. The Morgan fingerprint density at radius 2 is 1.93 bits per heavy atom. The zero-order valence-corrected chi connectivity index (χ0v) is 16.2. The van der Waals surface area contributed by atoms with Crippen LogP contribution in [0.3, 0.4) is 0 Å². The average Bonchev–Trinajstić information content (AvgIpc) is 2.58. The standard InChI is InChI=1S/C19H21N3O4S/c1-12-4-5-13(2)14(8-12)10-22(3)19(24)20-15-6-7-16-17(9-15)27(25,26)11-18(23)21-16/h4-9H,10-11H2,1-3H3,(H,20,24)(H,21,23). The first kappa shape index (κ1) is 18.9. The normalized spacial score (nSPS) is 14.9. The highest BCUT2D eigenvalue weighted by molar-refractivity contribution is 7.92.